The number of nitrogens with one attached hydrogen (secondary N) is 1. The van der Waals surface area contributed by atoms with Crippen molar-refractivity contribution in [1.82, 2.24) is 20.0 Å². The van der Waals surface area contributed by atoms with Gasteiger partial charge in [0.1, 0.15) is 0 Å². The molecule has 9 heteroatoms. The summed E-state index contributed by atoms with van der Waals surface area (Å²) >= 11 is 1.58. The molecule has 4 heterocycles. The number of aromatic nitrogens is 2. The molecule has 160 valence electrons. The summed E-state index contributed by atoms with van der Waals surface area (Å²) in [5.41, 5.74) is 3.13. The minimum atomic E-state index is -0.248. The minimum absolute atomic E-state index is 0.0728. The summed E-state index contributed by atoms with van der Waals surface area (Å²) in [6.45, 7) is 1.60. The number of hydrogen-bond acceptors (Lipinski definition) is 6. The normalized spacial score (nSPS) is 14.4. The molecule has 2 aliphatic heterocycles. The molecule has 0 bridgehead atoms. The molecule has 0 unspecified atom stereocenters. The minimum Gasteiger partial charge on any atom is -0.454 e. The van der Waals surface area contributed by atoms with Gasteiger partial charge in [0.05, 0.1) is 6.42 Å². The summed E-state index contributed by atoms with van der Waals surface area (Å²) < 4.78 is 12.5. The smallest absolute Gasteiger partial charge is 0.272 e. The van der Waals surface area contributed by atoms with Gasteiger partial charge in [-0.2, -0.15) is 5.10 Å². The lowest BCUT2D eigenvalue weighted by Gasteiger charge is -2.27. The zero-order chi connectivity index (χ0) is 21.4. The highest BCUT2D eigenvalue weighted by Crippen LogP contribution is 2.32. The van der Waals surface area contributed by atoms with E-state index < -0.39 is 0 Å². The summed E-state index contributed by atoms with van der Waals surface area (Å²) in [6, 6.07) is 9.51. The number of amides is 2. The van der Waals surface area contributed by atoms with Crippen LogP contribution in [0.25, 0.3) is 0 Å². The van der Waals surface area contributed by atoms with Crippen LogP contribution in [0.1, 0.15) is 32.2 Å². The van der Waals surface area contributed by atoms with E-state index >= 15 is 0 Å². The first-order valence-corrected chi connectivity index (χ1v) is 11.0. The highest BCUT2D eigenvalue weighted by atomic mass is 32.1. The van der Waals surface area contributed by atoms with Gasteiger partial charge in [0.2, 0.25) is 12.7 Å². The molecule has 2 aromatic heterocycles. The number of ether oxygens (including phenoxy) is 2. The van der Waals surface area contributed by atoms with Crippen molar-refractivity contribution in [3.8, 4) is 11.5 Å². The monoisotopic (exact) mass is 438 g/mol. The number of aryl methyl sites for hydroxylation is 1. The molecule has 8 nitrogen and oxygen atoms in total. The van der Waals surface area contributed by atoms with Crippen LogP contribution in [-0.2, 0) is 37.8 Å². The lowest BCUT2D eigenvalue weighted by Crippen LogP contribution is -2.37. The molecule has 0 aliphatic carbocycles. The molecular formula is C22H22N4O4S. The van der Waals surface area contributed by atoms with E-state index in [9.17, 15) is 9.59 Å². The average Bonchev–Trinajstić information content (AvgIpc) is 3.52. The number of thiophene rings is 1. The fraction of sp³-hybridized carbons (Fsp3) is 0.318. The van der Waals surface area contributed by atoms with Crippen LogP contribution in [0, 0.1) is 0 Å². The summed E-state index contributed by atoms with van der Waals surface area (Å²) in [5, 5.41) is 9.37. The Balaban J connectivity index is 1.28. The highest BCUT2D eigenvalue weighted by Gasteiger charge is 2.29. The van der Waals surface area contributed by atoms with Gasteiger partial charge in [0.15, 0.2) is 17.2 Å². The maximum atomic E-state index is 12.9. The summed E-state index contributed by atoms with van der Waals surface area (Å²) in [7, 11) is 1.84. The predicted molar refractivity (Wildman–Crippen MR) is 114 cm³/mol. The van der Waals surface area contributed by atoms with Gasteiger partial charge in [0, 0.05) is 49.2 Å². The van der Waals surface area contributed by atoms with Gasteiger partial charge in [-0.25, -0.2) is 0 Å². The lowest BCUT2D eigenvalue weighted by atomic mass is 10.0. The van der Waals surface area contributed by atoms with Crippen LogP contribution < -0.4 is 14.8 Å². The van der Waals surface area contributed by atoms with E-state index in [1.54, 1.807) is 16.0 Å². The van der Waals surface area contributed by atoms with Crippen LogP contribution in [0.15, 0.2) is 35.7 Å². The second-order valence-corrected chi connectivity index (χ2v) is 8.62. The van der Waals surface area contributed by atoms with Gasteiger partial charge in [0.25, 0.3) is 5.91 Å². The van der Waals surface area contributed by atoms with Crippen LogP contribution in [0.5, 0.6) is 11.5 Å². The molecule has 1 N–H and O–H groups in total. The molecule has 3 aromatic rings. The number of nitrogens with zero attached hydrogens (tertiary/aromatic N) is 3. The Hall–Kier alpha value is -3.33. The molecule has 0 fully saturated rings. The Bertz CT molecular complexity index is 1140. The third-order valence-corrected chi connectivity index (χ3v) is 6.48. The fourth-order valence-electron chi connectivity index (χ4n) is 3.98. The Labute approximate surface area is 183 Å². The van der Waals surface area contributed by atoms with E-state index in [-0.39, 0.29) is 18.6 Å². The van der Waals surface area contributed by atoms with Crippen molar-refractivity contribution >= 4 is 23.2 Å². The number of fused-ring (bicyclic) bond motifs is 2. The molecule has 0 atom stereocenters. The molecule has 1 aromatic carbocycles. The van der Waals surface area contributed by atoms with E-state index in [4.69, 9.17) is 9.47 Å². The Morgan fingerprint density at radius 1 is 1.23 bits per heavy atom. The van der Waals surface area contributed by atoms with Crippen LogP contribution in [0.4, 0.5) is 0 Å². The summed E-state index contributed by atoms with van der Waals surface area (Å²) in [4.78, 5) is 28.5. The zero-order valence-electron chi connectivity index (χ0n) is 17.1. The number of carbonyl (C=O) groups excluding carboxylic acids is 2. The van der Waals surface area contributed by atoms with Gasteiger partial charge in [-0.1, -0.05) is 12.1 Å². The standard InChI is InChI=1S/C22H22N4O4S/c1-25-17-6-7-26(20(27)10-15-3-2-8-31-15)12-16(17)21(24-25)22(28)23-11-14-4-5-18-19(9-14)30-13-29-18/h2-5,8-9H,6-7,10-13H2,1H3,(H,23,28). The van der Waals surface area contributed by atoms with Crippen molar-refractivity contribution in [3.05, 3.63) is 63.1 Å². The van der Waals surface area contributed by atoms with Gasteiger partial charge in [-0.05, 0) is 29.1 Å². The van der Waals surface area contributed by atoms with Gasteiger partial charge in [-0.3, -0.25) is 14.3 Å². The van der Waals surface area contributed by atoms with Crippen molar-refractivity contribution in [3.63, 3.8) is 0 Å². The molecule has 0 saturated heterocycles. The van der Waals surface area contributed by atoms with Crippen molar-refractivity contribution in [2.24, 2.45) is 7.05 Å². The molecule has 0 spiro atoms. The van der Waals surface area contributed by atoms with E-state index in [1.807, 2.05) is 47.7 Å². The van der Waals surface area contributed by atoms with E-state index in [0.717, 1.165) is 21.7 Å². The number of hydrogen-bond donors (Lipinski definition) is 1. The summed E-state index contributed by atoms with van der Waals surface area (Å²) in [5.74, 6) is 1.22. The predicted octanol–water partition coefficient (Wildman–Crippen LogP) is 2.27. The third-order valence-electron chi connectivity index (χ3n) is 5.61. The molecule has 0 radical (unpaired) electrons. The van der Waals surface area contributed by atoms with Crippen LogP contribution >= 0.6 is 11.3 Å². The second kappa shape index (κ2) is 8.07. The van der Waals surface area contributed by atoms with Crippen LogP contribution in [0.2, 0.25) is 0 Å². The van der Waals surface area contributed by atoms with Gasteiger partial charge < -0.3 is 19.7 Å². The third kappa shape index (κ3) is 3.88. The summed E-state index contributed by atoms with van der Waals surface area (Å²) in [6.07, 6.45) is 1.07. The molecule has 31 heavy (non-hydrogen) atoms. The van der Waals surface area contributed by atoms with E-state index in [2.05, 4.69) is 10.4 Å². The van der Waals surface area contributed by atoms with Crippen LogP contribution in [0.3, 0.4) is 0 Å². The number of rotatable bonds is 5. The number of carbonyl (C=O) groups is 2. The molecule has 0 saturated carbocycles. The van der Waals surface area contributed by atoms with Crippen molar-refractivity contribution in [2.75, 3.05) is 13.3 Å². The first-order chi connectivity index (χ1) is 15.1. The SMILES string of the molecule is Cn1nc(C(=O)NCc2ccc3c(c2)OCO3)c2c1CCN(C(=O)Cc1cccs1)C2. The molecular weight excluding hydrogens is 416 g/mol. The van der Waals surface area contributed by atoms with Crippen LogP contribution in [-0.4, -0.2) is 39.8 Å². The van der Waals surface area contributed by atoms with Gasteiger partial charge in [-0.15, -0.1) is 11.3 Å². The van der Waals surface area contributed by atoms with Gasteiger partial charge >= 0.3 is 0 Å². The Morgan fingerprint density at radius 3 is 2.94 bits per heavy atom. The van der Waals surface area contributed by atoms with Crippen molar-refractivity contribution < 1.29 is 19.1 Å². The largest absolute Gasteiger partial charge is 0.454 e. The molecule has 2 amide bonds. The van der Waals surface area contributed by atoms with E-state index in [0.29, 0.717) is 49.7 Å². The quantitative estimate of drug-likeness (QED) is 0.661. The fourth-order valence-corrected chi connectivity index (χ4v) is 4.67. The topological polar surface area (TPSA) is 85.7 Å². The first-order valence-electron chi connectivity index (χ1n) is 10.1. The Morgan fingerprint density at radius 2 is 2.10 bits per heavy atom. The maximum absolute atomic E-state index is 12.9. The lowest BCUT2D eigenvalue weighted by molar-refractivity contribution is -0.131. The van der Waals surface area contributed by atoms with Crippen molar-refractivity contribution in [2.45, 2.75) is 25.9 Å². The molecule has 2 aliphatic rings. The van der Waals surface area contributed by atoms with Crippen molar-refractivity contribution in [1.29, 1.82) is 0 Å². The maximum Gasteiger partial charge on any atom is 0.272 e. The first kappa shape index (κ1) is 19.6. The molecule has 5 rings (SSSR count). The zero-order valence-corrected chi connectivity index (χ0v) is 17.9. The Kier molecular flexibility index (Phi) is 5.11. The second-order valence-electron chi connectivity index (χ2n) is 7.59. The van der Waals surface area contributed by atoms with E-state index in [1.165, 1.54) is 0 Å². The highest BCUT2D eigenvalue weighted by molar-refractivity contribution is 7.10. The number of benzene rings is 1. The average molecular weight is 439 g/mol.